The van der Waals surface area contributed by atoms with Gasteiger partial charge >= 0.3 is 0 Å². The van der Waals surface area contributed by atoms with E-state index < -0.39 is 20.7 Å². The van der Waals surface area contributed by atoms with Gasteiger partial charge in [-0.2, -0.15) is 0 Å². The molecule has 1 N–H and O–H groups in total. The Morgan fingerprint density at radius 2 is 1.71 bits per heavy atom. The minimum atomic E-state index is -3.69. The van der Waals surface area contributed by atoms with E-state index in [0.717, 1.165) is 11.1 Å². The summed E-state index contributed by atoms with van der Waals surface area (Å²) in [5.74, 6) is -0.570. The molecule has 8 nitrogen and oxygen atoms in total. The van der Waals surface area contributed by atoms with Crippen LogP contribution in [0, 0.1) is 24.0 Å². The molecule has 0 aliphatic carbocycles. The summed E-state index contributed by atoms with van der Waals surface area (Å²) in [5.41, 5.74) is 3.11. The lowest BCUT2D eigenvalue weighted by Gasteiger charge is -2.09. The Morgan fingerprint density at radius 1 is 1.00 bits per heavy atom. The fraction of sp³-hybridized carbons (Fsp3) is 0.160. The SMILES string of the molecule is Cc1ccccc1CS(=O)(=O)c1cn(CC(=O)Nc2cc([N+](=O)[O-])ccc2C)c2ccccc12. The number of fused-ring (bicyclic) bond motifs is 1. The van der Waals surface area contributed by atoms with Crippen molar-refractivity contribution in [3.05, 3.63) is 99.7 Å². The number of amides is 1. The molecule has 0 saturated heterocycles. The first-order valence-electron chi connectivity index (χ1n) is 10.6. The topological polar surface area (TPSA) is 111 Å². The van der Waals surface area contributed by atoms with Gasteiger partial charge in [-0.05, 0) is 36.6 Å². The van der Waals surface area contributed by atoms with Gasteiger partial charge in [0.1, 0.15) is 6.54 Å². The van der Waals surface area contributed by atoms with Crippen LogP contribution in [0.2, 0.25) is 0 Å². The predicted molar refractivity (Wildman–Crippen MR) is 130 cm³/mol. The van der Waals surface area contributed by atoms with Gasteiger partial charge in [-0.1, -0.05) is 48.5 Å². The van der Waals surface area contributed by atoms with Crippen LogP contribution in [0.25, 0.3) is 10.9 Å². The molecule has 0 fully saturated rings. The molecule has 1 heterocycles. The Kier molecular flexibility index (Phi) is 6.21. The van der Waals surface area contributed by atoms with Gasteiger partial charge < -0.3 is 9.88 Å². The normalized spacial score (nSPS) is 11.5. The highest BCUT2D eigenvalue weighted by Crippen LogP contribution is 2.29. The fourth-order valence-electron chi connectivity index (χ4n) is 3.85. The monoisotopic (exact) mass is 477 g/mol. The van der Waals surface area contributed by atoms with Crippen molar-refractivity contribution in [2.24, 2.45) is 0 Å². The number of nitro groups is 1. The van der Waals surface area contributed by atoms with Crippen LogP contribution >= 0.6 is 0 Å². The van der Waals surface area contributed by atoms with Crippen molar-refractivity contribution in [3.63, 3.8) is 0 Å². The second kappa shape index (κ2) is 9.11. The molecule has 0 radical (unpaired) electrons. The van der Waals surface area contributed by atoms with Gasteiger partial charge in [0.25, 0.3) is 5.69 Å². The Labute approximate surface area is 196 Å². The third-order valence-electron chi connectivity index (χ3n) is 5.71. The molecule has 0 aliphatic heterocycles. The first kappa shape index (κ1) is 23.2. The molecular weight excluding hydrogens is 454 g/mol. The van der Waals surface area contributed by atoms with Crippen LogP contribution in [0.5, 0.6) is 0 Å². The van der Waals surface area contributed by atoms with Crippen molar-refractivity contribution in [2.75, 3.05) is 5.32 Å². The molecule has 0 atom stereocenters. The van der Waals surface area contributed by atoms with E-state index in [1.54, 1.807) is 54.0 Å². The number of aromatic nitrogens is 1. The van der Waals surface area contributed by atoms with Crippen LogP contribution in [0.1, 0.15) is 16.7 Å². The van der Waals surface area contributed by atoms with Crippen LogP contribution in [0.15, 0.2) is 77.8 Å². The number of nitrogens with one attached hydrogen (secondary N) is 1. The lowest BCUT2D eigenvalue weighted by atomic mass is 10.1. The van der Waals surface area contributed by atoms with E-state index in [4.69, 9.17) is 0 Å². The van der Waals surface area contributed by atoms with E-state index in [2.05, 4.69) is 5.32 Å². The average Bonchev–Trinajstić information content (AvgIpc) is 3.16. The van der Waals surface area contributed by atoms with Crippen molar-refractivity contribution in [3.8, 4) is 0 Å². The van der Waals surface area contributed by atoms with E-state index >= 15 is 0 Å². The predicted octanol–water partition coefficient (Wildman–Crippen LogP) is 4.78. The molecule has 34 heavy (non-hydrogen) atoms. The molecule has 4 rings (SSSR count). The first-order valence-corrected chi connectivity index (χ1v) is 12.2. The second-order valence-corrected chi connectivity index (χ2v) is 10.1. The van der Waals surface area contributed by atoms with Gasteiger partial charge in [-0.25, -0.2) is 8.42 Å². The van der Waals surface area contributed by atoms with E-state index in [9.17, 15) is 23.3 Å². The maximum Gasteiger partial charge on any atom is 0.271 e. The lowest BCUT2D eigenvalue weighted by Crippen LogP contribution is -2.19. The molecule has 0 aliphatic rings. The fourth-order valence-corrected chi connectivity index (χ4v) is 5.53. The third-order valence-corrected chi connectivity index (χ3v) is 7.40. The summed E-state index contributed by atoms with van der Waals surface area (Å²) in [6, 6.07) is 18.6. The summed E-state index contributed by atoms with van der Waals surface area (Å²) in [5, 5.41) is 14.3. The number of carbonyl (C=O) groups excluding carboxylic acids is 1. The number of hydrogen-bond donors (Lipinski definition) is 1. The zero-order valence-corrected chi connectivity index (χ0v) is 19.5. The number of non-ortho nitro benzene ring substituents is 1. The Hall–Kier alpha value is -3.98. The maximum atomic E-state index is 13.3. The minimum absolute atomic E-state index is 0.128. The summed E-state index contributed by atoms with van der Waals surface area (Å²) in [6.45, 7) is 3.46. The van der Waals surface area contributed by atoms with Crippen molar-refractivity contribution in [2.45, 2.75) is 31.0 Å². The minimum Gasteiger partial charge on any atom is -0.337 e. The molecule has 0 spiro atoms. The maximum absolute atomic E-state index is 13.3. The molecule has 0 bridgehead atoms. The number of nitro benzene ring substituents is 1. The smallest absolute Gasteiger partial charge is 0.271 e. The number of nitrogens with zero attached hydrogens (tertiary/aromatic N) is 2. The number of rotatable bonds is 7. The molecular formula is C25H23N3O5S. The molecule has 1 aromatic heterocycles. The number of sulfone groups is 1. The van der Waals surface area contributed by atoms with Crippen molar-refractivity contribution < 1.29 is 18.1 Å². The van der Waals surface area contributed by atoms with Crippen LogP contribution < -0.4 is 5.32 Å². The Morgan fingerprint density at radius 3 is 2.44 bits per heavy atom. The largest absolute Gasteiger partial charge is 0.337 e. The number of carbonyl (C=O) groups is 1. The molecule has 3 aromatic carbocycles. The lowest BCUT2D eigenvalue weighted by molar-refractivity contribution is -0.384. The molecule has 1 amide bonds. The molecule has 0 unspecified atom stereocenters. The van der Waals surface area contributed by atoms with E-state index in [1.165, 1.54) is 18.3 Å². The summed E-state index contributed by atoms with van der Waals surface area (Å²) in [4.78, 5) is 23.5. The highest BCUT2D eigenvalue weighted by Gasteiger charge is 2.23. The molecule has 9 heteroatoms. The Bertz CT molecular complexity index is 1520. The van der Waals surface area contributed by atoms with Gasteiger partial charge in [-0.15, -0.1) is 0 Å². The van der Waals surface area contributed by atoms with E-state index in [1.807, 2.05) is 19.1 Å². The summed E-state index contributed by atoms with van der Waals surface area (Å²) < 4.78 is 28.2. The molecule has 0 saturated carbocycles. The van der Waals surface area contributed by atoms with Crippen LogP contribution in [-0.2, 0) is 26.9 Å². The quantitative estimate of drug-likeness (QED) is 0.304. The van der Waals surface area contributed by atoms with E-state index in [0.29, 0.717) is 22.2 Å². The summed E-state index contributed by atoms with van der Waals surface area (Å²) >= 11 is 0. The zero-order chi connectivity index (χ0) is 24.5. The van der Waals surface area contributed by atoms with Crippen LogP contribution in [0.4, 0.5) is 11.4 Å². The highest BCUT2D eigenvalue weighted by atomic mass is 32.2. The first-order chi connectivity index (χ1) is 16.2. The second-order valence-electron chi connectivity index (χ2n) is 8.13. The molecule has 4 aromatic rings. The van der Waals surface area contributed by atoms with Gasteiger partial charge in [0.15, 0.2) is 9.84 Å². The van der Waals surface area contributed by atoms with Crippen molar-refractivity contribution in [1.29, 1.82) is 0 Å². The molecule has 174 valence electrons. The standard InChI is InChI=1S/C25H23N3O5S/c1-17-7-3-4-8-19(17)16-34(32,33)24-14-27(23-10-6-5-9-21(23)24)15-25(29)26-22-13-20(28(30)31)12-11-18(22)2/h3-14H,15-16H2,1-2H3,(H,26,29). The summed E-state index contributed by atoms with van der Waals surface area (Å²) in [7, 11) is -3.69. The number of benzene rings is 3. The van der Waals surface area contributed by atoms with E-state index in [-0.39, 0.29) is 22.9 Å². The number of anilines is 1. The van der Waals surface area contributed by atoms with Crippen molar-refractivity contribution >= 4 is 38.0 Å². The average molecular weight is 478 g/mol. The van der Waals surface area contributed by atoms with Gasteiger partial charge in [-0.3, -0.25) is 14.9 Å². The summed E-state index contributed by atoms with van der Waals surface area (Å²) in [6.07, 6.45) is 1.48. The van der Waals surface area contributed by atoms with Gasteiger partial charge in [0, 0.05) is 29.2 Å². The van der Waals surface area contributed by atoms with Gasteiger partial charge in [0.2, 0.25) is 5.91 Å². The van der Waals surface area contributed by atoms with Gasteiger partial charge in [0.05, 0.1) is 21.3 Å². The third kappa shape index (κ3) is 4.69. The van der Waals surface area contributed by atoms with Crippen molar-refractivity contribution in [1.82, 2.24) is 4.57 Å². The number of aryl methyl sites for hydroxylation is 2. The zero-order valence-electron chi connectivity index (χ0n) is 18.7. The van der Waals surface area contributed by atoms with Crippen LogP contribution in [0.3, 0.4) is 0 Å². The van der Waals surface area contributed by atoms with Crippen LogP contribution in [-0.4, -0.2) is 23.8 Å². The Balaban J connectivity index is 1.65. The number of para-hydroxylation sites is 1. The number of hydrogen-bond acceptors (Lipinski definition) is 5. The highest BCUT2D eigenvalue weighted by molar-refractivity contribution is 7.90.